The van der Waals surface area contributed by atoms with Crippen molar-refractivity contribution in [3.8, 4) is 22.6 Å². The molecule has 0 radical (unpaired) electrons. The van der Waals surface area contributed by atoms with E-state index in [1.165, 1.54) is 12.8 Å². The molecule has 2 aromatic heterocycles. The molecule has 0 amide bonds. The highest BCUT2D eigenvalue weighted by Crippen LogP contribution is 2.36. The van der Waals surface area contributed by atoms with Gasteiger partial charge in [-0.15, -0.1) is 0 Å². The summed E-state index contributed by atoms with van der Waals surface area (Å²) in [4.78, 5) is 18.4. The highest BCUT2D eigenvalue weighted by molar-refractivity contribution is 7.79. The van der Waals surface area contributed by atoms with Crippen LogP contribution in [0.4, 0.5) is 0 Å². The number of ether oxygens (including phenoxy) is 2. The minimum Gasteiger partial charge on any atom is -0.493 e. The molecule has 0 atom stereocenters. The van der Waals surface area contributed by atoms with E-state index >= 15 is 0 Å². The predicted octanol–water partition coefficient (Wildman–Crippen LogP) is 6.21. The summed E-state index contributed by atoms with van der Waals surface area (Å²) >= 11 is 5.04. The Morgan fingerprint density at radius 2 is 1.80 bits per heavy atom. The Labute approximate surface area is 209 Å². The Hall–Kier alpha value is -3.77. The lowest BCUT2D eigenvalue weighted by Gasteiger charge is -2.18. The summed E-state index contributed by atoms with van der Waals surface area (Å²) in [7, 11) is 1.65. The molecule has 1 aliphatic rings. The number of benzene rings is 2. The van der Waals surface area contributed by atoms with Crippen LogP contribution < -0.4 is 15.0 Å². The highest BCUT2D eigenvalue weighted by atomic mass is 32.1. The molecule has 35 heavy (non-hydrogen) atoms. The lowest BCUT2D eigenvalue weighted by molar-refractivity contribution is 0.200. The first kappa shape index (κ1) is 23.0. The minimum atomic E-state index is -0.126. The number of hydrogen-bond donors (Lipinski definition) is 0. The van der Waals surface area contributed by atoms with E-state index in [1.807, 2.05) is 72.8 Å². The van der Waals surface area contributed by atoms with Gasteiger partial charge in [-0.05, 0) is 67.2 Å². The Kier molecular flexibility index (Phi) is 6.73. The Balaban J connectivity index is 1.63. The molecule has 5 nitrogen and oxygen atoms in total. The molecule has 0 unspecified atom stereocenters. The first-order valence-electron chi connectivity index (χ1n) is 11.8. The summed E-state index contributed by atoms with van der Waals surface area (Å²) in [6.07, 6.45) is 10.2. The normalized spacial score (nSPS) is 14.0. The van der Waals surface area contributed by atoms with Crippen molar-refractivity contribution in [3.05, 3.63) is 94.0 Å². The van der Waals surface area contributed by atoms with Gasteiger partial charge in [0, 0.05) is 17.1 Å². The third-order valence-corrected chi connectivity index (χ3v) is 6.61. The lowest BCUT2D eigenvalue weighted by atomic mass is 10.0. The topological polar surface area (TPSA) is 52.8 Å². The monoisotopic (exact) mass is 482 g/mol. The van der Waals surface area contributed by atoms with E-state index in [0.717, 1.165) is 35.3 Å². The molecule has 1 fully saturated rings. The number of methoxy groups -OCH3 is 1. The number of rotatable bonds is 7. The molecule has 0 aliphatic heterocycles. The molecule has 6 heteroatoms. The van der Waals surface area contributed by atoms with Crippen LogP contribution >= 0.6 is 12.2 Å². The van der Waals surface area contributed by atoms with E-state index in [4.69, 9.17) is 26.7 Å². The number of thiocarbonyl (C=S) groups is 1. The molecule has 2 heterocycles. The van der Waals surface area contributed by atoms with Gasteiger partial charge in [0.1, 0.15) is 5.65 Å². The molecule has 4 aromatic rings. The Bertz CT molecular complexity index is 1450. The number of pyridine rings is 1. The van der Waals surface area contributed by atoms with E-state index in [9.17, 15) is 4.79 Å². The van der Waals surface area contributed by atoms with Gasteiger partial charge in [-0.3, -0.25) is 9.20 Å². The number of fused-ring (bicyclic) bond motifs is 1. The fraction of sp³-hybridized carbons (Fsp3) is 0.207. The summed E-state index contributed by atoms with van der Waals surface area (Å²) in [5, 5.41) is 1.62. The average molecular weight is 483 g/mol. The van der Waals surface area contributed by atoms with Crippen molar-refractivity contribution in [3.63, 3.8) is 0 Å². The molecule has 0 saturated heterocycles. The maximum Gasteiger partial charge on any atom is 0.266 e. The molecule has 0 N–H and O–H groups in total. The van der Waals surface area contributed by atoms with Gasteiger partial charge in [0.15, 0.2) is 11.5 Å². The summed E-state index contributed by atoms with van der Waals surface area (Å²) in [5.41, 5.74) is 4.16. The second-order valence-electron chi connectivity index (χ2n) is 8.58. The van der Waals surface area contributed by atoms with Crippen LogP contribution in [0, 0.1) is 0 Å². The van der Waals surface area contributed by atoms with Crippen LogP contribution in [0.1, 0.15) is 42.5 Å². The van der Waals surface area contributed by atoms with E-state index in [2.05, 4.69) is 0 Å². The first-order valence-corrected chi connectivity index (χ1v) is 12.2. The molecular formula is C29H26N2O3S. The third-order valence-electron chi connectivity index (χ3n) is 6.33. The van der Waals surface area contributed by atoms with Crippen LogP contribution in [0.2, 0.25) is 0 Å². The molecular weight excluding hydrogens is 456 g/mol. The molecule has 2 aromatic carbocycles. The van der Waals surface area contributed by atoms with Gasteiger partial charge in [-0.1, -0.05) is 54.7 Å². The smallest absolute Gasteiger partial charge is 0.266 e. The predicted molar refractivity (Wildman–Crippen MR) is 144 cm³/mol. The number of nitrogens with zero attached hydrogens (tertiary/aromatic N) is 2. The maximum atomic E-state index is 13.5. The molecule has 176 valence electrons. The van der Waals surface area contributed by atoms with Crippen LogP contribution in [-0.4, -0.2) is 28.0 Å². The van der Waals surface area contributed by atoms with Crippen molar-refractivity contribution in [2.75, 3.05) is 7.11 Å². The van der Waals surface area contributed by atoms with Crippen LogP contribution in [0.5, 0.6) is 11.5 Å². The zero-order valence-electron chi connectivity index (χ0n) is 19.5. The van der Waals surface area contributed by atoms with Gasteiger partial charge in [0.2, 0.25) is 0 Å². The minimum absolute atomic E-state index is 0.126. The number of hydrogen-bond acceptors (Lipinski definition) is 5. The molecule has 1 saturated carbocycles. The van der Waals surface area contributed by atoms with Crippen LogP contribution in [0.25, 0.3) is 28.9 Å². The number of aromatic nitrogens is 2. The second-order valence-corrected chi connectivity index (χ2v) is 8.82. The third kappa shape index (κ3) is 4.75. The maximum absolute atomic E-state index is 13.5. The van der Waals surface area contributed by atoms with E-state index < -0.39 is 0 Å². The average Bonchev–Trinajstić information content (AvgIpc) is 3.41. The van der Waals surface area contributed by atoms with E-state index in [0.29, 0.717) is 22.7 Å². The van der Waals surface area contributed by atoms with Gasteiger partial charge in [0.25, 0.3) is 5.56 Å². The quantitative estimate of drug-likeness (QED) is 0.293. The van der Waals surface area contributed by atoms with Crippen molar-refractivity contribution in [2.45, 2.75) is 31.8 Å². The summed E-state index contributed by atoms with van der Waals surface area (Å²) in [6, 6.07) is 19.0. The summed E-state index contributed by atoms with van der Waals surface area (Å²) in [6.45, 7) is 0. The van der Waals surface area contributed by atoms with E-state index in [-0.39, 0.29) is 11.7 Å². The van der Waals surface area contributed by atoms with Crippen LogP contribution in [-0.2, 0) is 0 Å². The largest absolute Gasteiger partial charge is 0.493 e. The lowest BCUT2D eigenvalue weighted by Crippen LogP contribution is -2.18. The van der Waals surface area contributed by atoms with Crippen LogP contribution in [0.15, 0.2) is 71.7 Å². The van der Waals surface area contributed by atoms with Gasteiger partial charge in [-0.2, -0.15) is 0 Å². The fourth-order valence-electron chi connectivity index (χ4n) is 4.52. The van der Waals surface area contributed by atoms with Crippen molar-refractivity contribution in [1.29, 1.82) is 0 Å². The molecule has 0 spiro atoms. The standard InChI is InChI=1S/C29H26N2O3S/c1-33-25-10-6-7-22(28(25)34-23-8-2-3-9-23)16-17-24-27(21-14-12-20(19-35)13-15-21)29(32)31-18-5-4-11-26(31)30-24/h4-7,10-19,23H,2-3,8-9H2,1H3/b17-16+. The van der Waals surface area contributed by atoms with Gasteiger partial charge < -0.3 is 9.47 Å². The first-order chi connectivity index (χ1) is 17.2. The summed E-state index contributed by atoms with van der Waals surface area (Å²) < 4.78 is 13.5. The molecule has 1 aliphatic carbocycles. The molecule has 5 rings (SSSR count). The van der Waals surface area contributed by atoms with Crippen molar-refractivity contribution < 1.29 is 9.47 Å². The van der Waals surface area contributed by atoms with E-state index in [1.54, 1.807) is 23.1 Å². The number of para-hydroxylation sites is 1. The van der Waals surface area contributed by atoms with Gasteiger partial charge >= 0.3 is 0 Å². The van der Waals surface area contributed by atoms with Crippen molar-refractivity contribution in [1.82, 2.24) is 9.38 Å². The zero-order chi connectivity index (χ0) is 24.2. The van der Waals surface area contributed by atoms with Gasteiger partial charge in [0.05, 0.1) is 24.5 Å². The van der Waals surface area contributed by atoms with Crippen molar-refractivity contribution in [2.24, 2.45) is 0 Å². The Morgan fingerprint density at radius 3 is 2.54 bits per heavy atom. The zero-order valence-corrected chi connectivity index (χ0v) is 20.3. The Morgan fingerprint density at radius 1 is 1.00 bits per heavy atom. The SMILES string of the molecule is COc1cccc(/C=C/c2nc3ccccn3c(=O)c2-c2ccc(C=S)cc2)c1OC1CCCC1. The second kappa shape index (κ2) is 10.2. The fourth-order valence-corrected chi connectivity index (χ4v) is 4.68. The highest BCUT2D eigenvalue weighted by Gasteiger charge is 2.20. The van der Waals surface area contributed by atoms with Crippen LogP contribution in [0.3, 0.4) is 0 Å². The molecule has 0 bridgehead atoms. The summed E-state index contributed by atoms with van der Waals surface area (Å²) in [5.74, 6) is 1.42. The van der Waals surface area contributed by atoms with Crippen molar-refractivity contribution >= 4 is 35.4 Å². The van der Waals surface area contributed by atoms with Gasteiger partial charge in [-0.25, -0.2) is 4.98 Å².